The van der Waals surface area contributed by atoms with E-state index >= 15 is 0 Å². The Bertz CT molecular complexity index is 769. The van der Waals surface area contributed by atoms with Crippen molar-refractivity contribution in [3.05, 3.63) is 33.7 Å². The van der Waals surface area contributed by atoms with E-state index < -0.39 is 0 Å². The van der Waals surface area contributed by atoms with E-state index in [2.05, 4.69) is 17.1 Å². The van der Waals surface area contributed by atoms with Crippen LogP contribution in [-0.2, 0) is 13.5 Å². The lowest BCUT2D eigenvalue weighted by atomic mass is 10.2. The zero-order chi connectivity index (χ0) is 12.7. The maximum Gasteiger partial charge on any atom is 0.266 e. The highest BCUT2D eigenvalue weighted by molar-refractivity contribution is 7.15. The van der Waals surface area contributed by atoms with Crippen molar-refractivity contribution in [1.82, 2.24) is 14.7 Å². The van der Waals surface area contributed by atoms with Gasteiger partial charge in [-0.05, 0) is 18.6 Å². The van der Waals surface area contributed by atoms with Gasteiger partial charge in [0.15, 0.2) is 0 Å². The van der Waals surface area contributed by atoms with Crippen LogP contribution in [0.1, 0.15) is 11.8 Å². The van der Waals surface area contributed by atoms with Gasteiger partial charge in [0, 0.05) is 11.9 Å². The molecule has 0 radical (unpaired) electrons. The minimum absolute atomic E-state index is 0.136. The number of thiophene rings is 1. The molecule has 3 rings (SSSR count). The van der Waals surface area contributed by atoms with Crippen molar-refractivity contribution in [2.75, 3.05) is 0 Å². The molecule has 0 saturated carbocycles. The SMILES string of the molecule is CCc1ccc(-c2noc3ncn(C)c(=O)c23)s1. The highest BCUT2D eigenvalue weighted by Crippen LogP contribution is 2.30. The molecule has 18 heavy (non-hydrogen) atoms. The summed E-state index contributed by atoms with van der Waals surface area (Å²) < 4.78 is 6.54. The molecule has 0 aliphatic carbocycles. The number of nitrogens with zero attached hydrogens (tertiary/aromatic N) is 3. The quantitative estimate of drug-likeness (QED) is 0.709. The van der Waals surface area contributed by atoms with Gasteiger partial charge in [0.05, 0.1) is 4.88 Å². The van der Waals surface area contributed by atoms with Crippen molar-refractivity contribution in [3.8, 4) is 10.6 Å². The molecule has 3 aromatic rings. The molecule has 6 heteroatoms. The average molecular weight is 261 g/mol. The summed E-state index contributed by atoms with van der Waals surface area (Å²) in [6.07, 6.45) is 2.40. The Balaban J connectivity index is 2.29. The topological polar surface area (TPSA) is 60.9 Å². The van der Waals surface area contributed by atoms with E-state index in [1.165, 1.54) is 15.8 Å². The first-order chi connectivity index (χ1) is 8.70. The Labute approximate surface area is 107 Å². The Morgan fingerprint density at radius 3 is 3.00 bits per heavy atom. The first kappa shape index (κ1) is 11.2. The van der Waals surface area contributed by atoms with Gasteiger partial charge in [-0.2, -0.15) is 0 Å². The van der Waals surface area contributed by atoms with Crippen molar-refractivity contribution in [2.45, 2.75) is 13.3 Å². The maximum absolute atomic E-state index is 12.1. The van der Waals surface area contributed by atoms with Gasteiger partial charge in [0.25, 0.3) is 11.3 Å². The van der Waals surface area contributed by atoms with Crippen LogP contribution in [0, 0.1) is 0 Å². The largest absolute Gasteiger partial charge is 0.335 e. The molecule has 92 valence electrons. The summed E-state index contributed by atoms with van der Waals surface area (Å²) in [5.41, 5.74) is 0.741. The van der Waals surface area contributed by atoms with Crippen molar-refractivity contribution in [2.24, 2.45) is 7.05 Å². The average Bonchev–Trinajstić information content (AvgIpc) is 2.99. The van der Waals surface area contributed by atoms with E-state index in [0.29, 0.717) is 16.8 Å². The number of aromatic nitrogens is 3. The lowest BCUT2D eigenvalue weighted by Gasteiger charge is -1.94. The Hall–Kier alpha value is -1.95. The first-order valence-corrected chi connectivity index (χ1v) is 6.42. The molecule has 3 heterocycles. The molecule has 0 fully saturated rings. The fraction of sp³-hybridized carbons (Fsp3) is 0.250. The third kappa shape index (κ3) is 1.57. The fourth-order valence-corrected chi connectivity index (χ4v) is 2.73. The van der Waals surface area contributed by atoms with E-state index in [-0.39, 0.29) is 5.56 Å². The predicted octanol–water partition coefficient (Wildman–Crippen LogP) is 2.21. The van der Waals surface area contributed by atoms with Crippen LogP contribution in [-0.4, -0.2) is 14.7 Å². The van der Waals surface area contributed by atoms with Crippen molar-refractivity contribution < 1.29 is 4.52 Å². The second kappa shape index (κ2) is 4.06. The van der Waals surface area contributed by atoms with Crippen LogP contribution >= 0.6 is 11.3 Å². The summed E-state index contributed by atoms with van der Waals surface area (Å²) in [6, 6.07) is 4.01. The van der Waals surface area contributed by atoms with Gasteiger partial charge in [-0.15, -0.1) is 11.3 Å². The Morgan fingerprint density at radius 1 is 1.44 bits per heavy atom. The molecule has 0 aromatic carbocycles. The molecule has 0 aliphatic heterocycles. The molecule has 0 spiro atoms. The molecule has 0 aliphatic rings. The van der Waals surface area contributed by atoms with Crippen molar-refractivity contribution in [1.29, 1.82) is 0 Å². The number of rotatable bonds is 2. The van der Waals surface area contributed by atoms with Gasteiger partial charge in [0.1, 0.15) is 17.4 Å². The van der Waals surface area contributed by atoms with Crippen LogP contribution < -0.4 is 5.56 Å². The van der Waals surface area contributed by atoms with Gasteiger partial charge < -0.3 is 9.09 Å². The highest BCUT2D eigenvalue weighted by atomic mass is 32.1. The van der Waals surface area contributed by atoms with Gasteiger partial charge in [-0.3, -0.25) is 4.79 Å². The molecule has 5 nitrogen and oxygen atoms in total. The van der Waals surface area contributed by atoms with Crippen molar-refractivity contribution >= 4 is 22.4 Å². The van der Waals surface area contributed by atoms with E-state index in [9.17, 15) is 4.79 Å². The second-order valence-corrected chi connectivity index (χ2v) is 5.16. The minimum Gasteiger partial charge on any atom is -0.335 e. The highest BCUT2D eigenvalue weighted by Gasteiger charge is 2.17. The monoisotopic (exact) mass is 261 g/mol. The molecule has 0 saturated heterocycles. The minimum atomic E-state index is -0.136. The van der Waals surface area contributed by atoms with Crippen LogP contribution in [0.15, 0.2) is 27.8 Å². The standard InChI is InChI=1S/C12H11N3O2S/c1-3-7-4-5-8(18-7)10-9-11(17-14-10)13-6-15(2)12(9)16/h4-6H,3H2,1-2H3. The Kier molecular flexibility index (Phi) is 2.52. The molecular weight excluding hydrogens is 250 g/mol. The molecule has 0 amide bonds. The van der Waals surface area contributed by atoms with Crippen LogP contribution in [0.5, 0.6) is 0 Å². The van der Waals surface area contributed by atoms with E-state index in [1.54, 1.807) is 18.4 Å². The van der Waals surface area contributed by atoms with Gasteiger partial charge in [-0.1, -0.05) is 12.1 Å². The van der Waals surface area contributed by atoms with E-state index in [4.69, 9.17) is 4.52 Å². The summed E-state index contributed by atoms with van der Waals surface area (Å²) in [7, 11) is 1.66. The molecule has 0 bridgehead atoms. The van der Waals surface area contributed by atoms with Gasteiger partial charge in [-0.25, -0.2) is 4.98 Å². The lowest BCUT2D eigenvalue weighted by molar-refractivity contribution is 0.451. The van der Waals surface area contributed by atoms with Crippen LogP contribution in [0.4, 0.5) is 0 Å². The summed E-state index contributed by atoms with van der Waals surface area (Å²) in [6.45, 7) is 2.09. The van der Waals surface area contributed by atoms with E-state index in [1.807, 2.05) is 12.1 Å². The third-order valence-corrected chi connectivity index (χ3v) is 4.04. The first-order valence-electron chi connectivity index (χ1n) is 5.60. The lowest BCUT2D eigenvalue weighted by Crippen LogP contribution is -2.16. The summed E-state index contributed by atoms with van der Waals surface area (Å²) >= 11 is 1.62. The second-order valence-electron chi connectivity index (χ2n) is 3.99. The molecule has 0 unspecified atom stereocenters. The van der Waals surface area contributed by atoms with Crippen LogP contribution in [0.3, 0.4) is 0 Å². The number of hydrogen-bond acceptors (Lipinski definition) is 5. The number of hydrogen-bond donors (Lipinski definition) is 0. The van der Waals surface area contributed by atoms with Gasteiger partial charge in [0.2, 0.25) is 0 Å². The summed E-state index contributed by atoms with van der Waals surface area (Å²) in [5.74, 6) is 0. The zero-order valence-electron chi connectivity index (χ0n) is 10.0. The van der Waals surface area contributed by atoms with Crippen molar-refractivity contribution in [3.63, 3.8) is 0 Å². The van der Waals surface area contributed by atoms with E-state index in [0.717, 1.165) is 11.3 Å². The Morgan fingerprint density at radius 2 is 2.28 bits per heavy atom. The predicted molar refractivity (Wildman–Crippen MR) is 69.7 cm³/mol. The molecule has 3 aromatic heterocycles. The fourth-order valence-electron chi connectivity index (χ4n) is 1.79. The van der Waals surface area contributed by atoms with Crippen LogP contribution in [0.25, 0.3) is 21.7 Å². The number of aryl methyl sites for hydroxylation is 2. The number of fused-ring (bicyclic) bond motifs is 1. The van der Waals surface area contributed by atoms with Crippen LogP contribution in [0.2, 0.25) is 0 Å². The maximum atomic E-state index is 12.1. The molecular formula is C12H11N3O2S. The third-order valence-electron chi connectivity index (χ3n) is 2.80. The molecule has 0 atom stereocenters. The molecule has 0 N–H and O–H groups in total. The normalized spacial score (nSPS) is 11.2. The van der Waals surface area contributed by atoms with Gasteiger partial charge >= 0.3 is 0 Å². The summed E-state index contributed by atoms with van der Waals surface area (Å²) in [5, 5.41) is 4.42. The zero-order valence-corrected chi connectivity index (χ0v) is 10.8. The smallest absolute Gasteiger partial charge is 0.266 e. The summed E-state index contributed by atoms with van der Waals surface area (Å²) in [4.78, 5) is 18.3.